The number of nitrogens with two attached hydrogens (primary N) is 1. The number of rotatable bonds is 9. The fourth-order valence-corrected chi connectivity index (χ4v) is 3.87. The Labute approximate surface area is 213 Å². The zero-order valence-electron chi connectivity index (χ0n) is 20.3. The predicted octanol–water partition coefficient (Wildman–Crippen LogP) is 3.69. The van der Waals surface area contributed by atoms with Gasteiger partial charge in [0.2, 0.25) is 5.78 Å². The number of ketones is 1. The number of carbonyl (C=O) groups is 3. The lowest BCUT2D eigenvalue weighted by Gasteiger charge is -2.17. The summed E-state index contributed by atoms with van der Waals surface area (Å²) in [4.78, 5) is 36.9. The lowest BCUT2D eigenvalue weighted by molar-refractivity contribution is -0.139. The van der Waals surface area contributed by atoms with Gasteiger partial charge >= 0.3 is 12.1 Å². The number of ether oxygens (including phenoxy) is 1. The summed E-state index contributed by atoms with van der Waals surface area (Å²) in [6, 6.07) is 15.0. The van der Waals surface area contributed by atoms with Gasteiger partial charge in [-0.25, -0.2) is 9.59 Å². The van der Waals surface area contributed by atoms with E-state index in [4.69, 9.17) is 15.8 Å². The number of nitrogens with zero attached hydrogens (tertiary/aromatic N) is 2. The number of benzene rings is 3. The maximum Gasteiger partial charge on any atom is 0.408 e. The van der Waals surface area contributed by atoms with Gasteiger partial charge in [0.15, 0.2) is 0 Å². The molecule has 10 heteroatoms. The third-order valence-electron chi connectivity index (χ3n) is 5.65. The molecule has 0 aliphatic rings. The van der Waals surface area contributed by atoms with Crippen LogP contribution in [0.15, 0.2) is 59.7 Å². The van der Waals surface area contributed by atoms with Crippen molar-refractivity contribution in [1.29, 1.82) is 5.26 Å². The number of aromatic hydroxyl groups is 1. The molecule has 0 aromatic heterocycles. The molecule has 1 atom stereocenters. The number of nitrogens with one attached hydrogen (secondary N) is 1. The average molecular weight is 503 g/mol. The van der Waals surface area contributed by atoms with Gasteiger partial charge in [-0.1, -0.05) is 50.2 Å². The molecule has 0 aliphatic carbocycles. The van der Waals surface area contributed by atoms with E-state index in [-0.39, 0.29) is 41.5 Å². The predicted molar refractivity (Wildman–Crippen MR) is 136 cm³/mol. The van der Waals surface area contributed by atoms with E-state index in [1.165, 1.54) is 18.2 Å². The van der Waals surface area contributed by atoms with Gasteiger partial charge in [-0.05, 0) is 46.9 Å². The molecule has 0 saturated carbocycles. The van der Waals surface area contributed by atoms with Crippen LogP contribution < -0.4 is 11.2 Å². The van der Waals surface area contributed by atoms with Crippen molar-refractivity contribution in [2.24, 2.45) is 16.9 Å². The van der Waals surface area contributed by atoms with Gasteiger partial charge < -0.3 is 26.1 Å². The first-order valence-electron chi connectivity index (χ1n) is 11.4. The van der Waals surface area contributed by atoms with E-state index in [1.807, 2.05) is 19.9 Å². The molecule has 0 spiro atoms. The van der Waals surface area contributed by atoms with Crippen LogP contribution >= 0.6 is 0 Å². The number of amides is 1. The van der Waals surface area contributed by atoms with Crippen molar-refractivity contribution in [2.45, 2.75) is 32.9 Å². The fourth-order valence-electron chi connectivity index (χ4n) is 3.87. The molecule has 190 valence electrons. The van der Waals surface area contributed by atoms with Crippen molar-refractivity contribution in [1.82, 2.24) is 5.32 Å². The Balaban J connectivity index is 1.88. The number of phenols is 1. The Bertz CT molecular complexity index is 1420. The summed E-state index contributed by atoms with van der Waals surface area (Å²) in [7, 11) is 0. The second-order valence-corrected chi connectivity index (χ2v) is 8.71. The Kier molecular flexibility index (Phi) is 8.43. The standard InChI is InChI=1S/C27H26N4O6/c1-15(2)11-22(26(34)35)30-27(36)37-14-17-7-9-21(20-6-4-3-5-19(17)20)24(31-29)25(33)16-8-10-23(32)18(12-16)13-28/h3-10,12,15,22,32H,11,14,29H2,1-2H3,(H,30,36)(H,34,35). The first-order chi connectivity index (χ1) is 17.7. The van der Waals surface area contributed by atoms with Crippen molar-refractivity contribution in [2.75, 3.05) is 0 Å². The Morgan fingerprint density at radius 2 is 1.81 bits per heavy atom. The summed E-state index contributed by atoms with van der Waals surface area (Å²) in [5, 5.41) is 35.6. The lowest BCUT2D eigenvalue weighted by Crippen LogP contribution is -2.41. The second kappa shape index (κ2) is 11.7. The zero-order valence-corrected chi connectivity index (χ0v) is 20.3. The zero-order chi connectivity index (χ0) is 27.1. The third-order valence-corrected chi connectivity index (χ3v) is 5.65. The molecule has 3 rings (SSSR count). The number of hydrogen-bond donors (Lipinski definition) is 4. The second-order valence-electron chi connectivity index (χ2n) is 8.71. The molecule has 10 nitrogen and oxygen atoms in total. The van der Waals surface area contributed by atoms with Crippen LogP contribution in [0.2, 0.25) is 0 Å². The molecule has 5 N–H and O–H groups in total. The fraction of sp³-hybridized carbons (Fsp3) is 0.222. The van der Waals surface area contributed by atoms with Crippen LogP contribution in [-0.4, -0.2) is 39.8 Å². The topological polar surface area (TPSA) is 175 Å². The minimum absolute atomic E-state index is 0.0589. The van der Waals surface area contributed by atoms with Crippen LogP contribution in [0, 0.1) is 17.2 Å². The van der Waals surface area contributed by atoms with Crippen molar-refractivity contribution >= 4 is 34.3 Å². The van der Waals surface area contributed by atoms with E-state index in [2.05, 4.69) is 10.4 Å². The molecular formula is C27H26N4O6. The summed E-state index contributed by atoms with van der Waals surface area (Å²) in [5.74, 6) is 3.73. The van der Waals surface area contributed by atoms with Crippen LogP contribution in [0.4, 0.5) is 4.79 Å². The quantitative estimate of drug-likeness (QED) is 0.148. The molecule has 0 bridgehead atoms. The first kappa shape index (κ1) is 26.7. The smallest absolute Gasteiger partial charge is 0.408 e. The Hall–Kier alpha value is -4.91. The van der Waals surface area contributed by atoms with E-state index in [9.17, 15) is 24.6 Å². The molecule has 1 unspecified atom stereocenters. The maximum atomic E-state index is 13.2. The highest BCUT2D eigenvalue weighted by Crippen LogP contribution is 2.26. The minimum Gasteiger partial charge on any atom is -0.507 e. The van der Waals surface area contributed by atoms with Crippen molar-refractivity contribution < 1.29 is 29.3 Å². The number of hydrazone groups is 1. The largest absolute Gasteiger partial charge is 0.507 e. The van der Waals surface area contributed by atoms with Gasteiger partial charge in [0.25, 0.3) is 0 Å². The van der Waals surface area contributed by atoms with Crippen LogP contribution in [0.25, 0.3) is 10.8 Å². The first-order valence-corrected chi connectivity index (χ1v) is 11.4. The molecule has 37 heavy (non-hydrogen) atoms. The van der Waals surface area contributed by atoms with Crippen LogP contribution in [0.5, 0.6) is 5.75 Å². The number of carbonyl (C=O) groups excluding carboxylic acids is 2. The Morgan fingerprint density at radius 3 is 2.43 bits per heavy atom. The average Bonchev–Trinajstić information content (AvgIpc) is 2.87. The van der Waals surface area contributed by atoms with Crippen LogP contribution in [0.3, 0.4) is 0 Å². The van der Waals surface area contributed by atoms with Gasteiger partial charge in [0.05, 0.1) is 5.56 Å². The highest BCUT2D eigenvalue weighted by molar-refractivity contribution is 6.53. The van der Waals surface area contributed by atoms with Crippen LogP contribution in [0.1, 0.15) is 47.3 Å². The molecular weight excluding hydrogens is 476 g/mol. The molecule has 3 aromatic carbocycles. The molecule has 1 amide bonds. The number of nitriles is 1. The number of alkyl carbamates (subject to hydrolysis) is 1. The van der Waals surface area contributed by atoms with Crippen molar-refractivity contribution in [3.63, 3.8) is 0 Å². The van der Waals surface area contributed by atoms with Gasteiger partial charge in [-0.15, -0.1) is 0 Å². The number of Topliss-reactive ketones (excluding diaryl/α,β-unsaturated/α-hetero) is 1. The molecule has 0 aliphatic heterocycles. The molecule has 3 aromatic rings. The van der Waals surface area contributed by atoms with E-state index >= 15 is 0 Å². The summed E-state index contributed by atoms with van der Waals surface area (Å²) in [6.45, 7) is 3.56. The van der Waals surface area contributed by atoms with Gasteiger partial charge in [0.1, 0.15) is 30.2 Å². The van der Waals surface area contributed by atoms with E-state index < -0.39 is 23.9 Å². The van der Waals surface area contributed by atoms with Gasteiger partial charge in [-0.3, -0.25) is 4.79 Å². The summed E-state index contributed by atoms with van der Waals surface area (Å²) >= 11 is 0. The maximum absolute atomic E-state index is 13.2. The summed E-state index contributed by atoms with van der Waals surface area (Å²) in [5.41, 5.74) is 1.04. The van der Waals surface area contributed by atoms with E-state index in [0.29, 0.717) is 21.9 Å². The van der Waals surface area contributed by atoms with Gasteiger partial charge in [0, 0.05) is 11.1 Å². The van der Waals surface area contributed by atoms with Crippen LogP contribution in [-0.2, 0) is 16.1 Å². The van der Waals surface area contributed by atoms with Crippen molar-refractivity contribution in [3.05, 3.63) is 76.9 Å². The molecule has 0 fully saturated rings. The molecule has 0 radical (unpaired) electrons. The minimum atomic E-state index is -1.14. The number of hydrogen-bond acceptors (Lipinski definition) is 8. The van der Waals surface area contributed by atoms with E-state index in [0.717, 1.165) is 0 Å². The third kappa shape index (κ3) is 6.21. The Morgan fingerprint density at radius 1 is 1.11 bits per heavy atom. The molecule has 0 saturated heterocycles. The lowest BCUT2D eigenvalue weighted by atomic mass is 9.93. The SMILES string of the molecule is CC(C)CC(NC(=O)OCc1ccc(C(=NN)C(=O)c2ccc(O)c(C#N)c2)c2ccccc12)C(=O)O. The summed E-state index contributed by atoms with van der Waals surface area (Å²) < 4.78 is 5.29. The van der Waals surface area contributed by atoms with E-state index in [1.54, 1.807) is 36.4 Å². The van der Waals surface area contributed by atoms with Gasteiger partial charge in [-0.2, -0.15) is 10.4 Å². The number of aliphatic carboxylic acids is 1. The summed E-state index contributed by atoms with van der Waals surface area (Å²) in [6.07, 6.45) is -0.602. The van der Waals surface area contributed by atoms with Crippen molar-refractivity contribution in [3.8, 4) is 11.8 Å². The normalized spacial score (nSPS) is 12.1. The monoisotopic (exact) mass is 502 g/mol. The highest BCUT2D eigenvalue weighted by Gasteiger charge is 2.23. The number of fused-ring (bicyclic) bond motifs is 1. The molecule has 0 heterocycles. The highest BCUT2D eigenvalue weighted by atomic mass is 16.5. The number of carboxylic acid groups (broad SMARTS) is 1. The number of phenolic OH excluding ortho intramolecular Hbond substituents is 1. The number of carboxylic acids is 1.